The van der Waals surface area contributed by atoms with Gasteiger partial charge < -0.3 is 15.0 Å². The first kappa shape index (κ1) is 14.9. The predicted octanol–water partition coefficient (Wildman–Crippen LogP) is 1.27. The number of nitrogens with one attached hydrogen (secondary N) is 1. The highest BCUT2D eigenvalue weighted by Crippen LogP contribution is 2.11. The average Bonchev–Trinajstić information content (AvgIpc) is 2.47. The smallest absolute Gasteiger partial charge is 0.255 e. The van der Waals surface area contributed by atoms with Gasteiger partial charge >= 0.3 is 0 Å². The molecule has 1 heterocycles. The first-order valence-corrected chi connectivity index (χ1v) is 6.60. The number of benzene rings is 1. The van der Waals surface area contributed by atoms with Gasteiger partial charge in [0.1, 0.15) is 6.10 Å². The molecule has 1 unspecified atom stereocenters. The van der Waals surface area contributed by atoms with E-state index in [2.05, 4.69) is 5.32 Å². The number of alkyl halides is 2. The summed E-state index contributed by atoms with van der Waals surface area (Å²) < 4.78 is 30.7. The van der Waals surface area contributed by atoms with E-state index in [1.54, 1.807) is 0 Å². The summed E-state index contributed by atoms with van der Waals surface area (Å²) in [4.78, 5) is 13.4. The molecule has 1 aromatic carbocycles. The van der Waals surface area contributed by atoms with Gasteiger partial charge in [-0.3, -0.25) is 4.79 Å². The highest BCUT2D eigenvalue weighted by atomic mass is 19.3. The van der Waals surface area contributed by atoms with Crippen molar-refractivity contribution in [2.45, 2.75) is 19.1 Å². The lowest BCUT2D eigenvalue weighted by Crippen LogP contribution is -2.50. The molecule has 0 aliphatic carbocycles. The molecule has 0 radical (unpaired) electrons. The fraction of sp³-hybridized carbons (Fsp3) is 0.500. The summed E-state index contributed by atoms with van der Waals surface area (Å²) >= 11 is 0. The van der Waals surface area contributed by atoms with E-state index in [1.807, 2.05) is 30.3 Å². The lowest BCUT2D eigenvalue weighted by Gasteiger charge is -2.29. The first-order chi connectivity index (χ1) is 9.66. The summed E-state index contributed by atoms with van der Waals surface area (Å²) in [5, 5.41) is 3.03. The molecule has 20 heavy (non-hydrogen) atoms. The molecule has 0 aromatic heterocycles. The van der Waals surface area contributed by atoms with E-state index in [1.165, 1.54) is 0 Å². The van der Waals surface area contributed by atoms with Crippen LogP contribution in [-0.4, -0.2) is 49.6 Å². The largest absolute Gasteiger partial charge is 0.366 e. The van der Waals surface area contributed by atoms with E-state index in [-0.39, 0.29) is 12.5 Å². The molecule has 1 aliphatic rings. The van der Waals surface area contributed by atoms with Crippen LogP contribution in [-0.2, 0) is 16.1 Å². The molecule has 4 nitrogen and oxygen atoms in total. The number of carbonyl (C=O) groups is 1. The Labute approximate surface area is 116 Å². The van der Waals surface area contributed by atoms with Gasteiger partial charge in [0.15, 0.2) is 0 Å². The molecule has 0 spiro atoms. The van der Waals surface area contributed by atoms with Crippen molar-refractivity contribution in [2.24, 2.45) is 0 Å². The van der Waals surface area contributed by atoms with Crippen molar-refractivity contribution < 1.29 is 18.3 Å². The van der Waals surface area contributed by atoms with Gasteiger partial charge in [-0.15, -0.1) is 0 Å². The highest BCUT2D eigenvalue weighted by Gasteiger charge is 2.28. The molecular weight excluding hydrogens is 266 g/mol. The van der Waals surface area contributed by atoms with E-state index in [0.717, 1.165) is 10.5 Å². The third kappa shape index (κ3) is 4.25. The normalized spacial score (nSPS) is 19.1. The number of halogens is 2. The molecule has 0 bridgehead atoms. The van der Waals surface area contributed by atoms with Crippen LogP contribution in [0.15, 0.2) is 30.3 Å². The number of carbonyl (C=O) groups excluding carboxylic acids is 1. The van der Waals surface area contributed by atoms with Crippen molar-refractivity contribution in [3.05, 3.63) is 35.9 Å². The Kier molecular flexibility index (Phi) is 5.43. The second kappa shape index (κ2) is 7.31. The van der Waals surface area contributed by atoms with Crippen LogP contribution in [0.2, 0.25) is 0 Å². The Morgan fingerprint density at radius 3 is 2.75 bits per heavy atom. The van der Waals surface area contributed by atoms with Gasteiger partial charge in [-0.2, -0.15) is 0 Å². The molecule has 0 saturated carbocycles. The molecule has 2 rings (SSSR count). The minimum Gasteiger partial charge on any atom is -0.366 e. The summed E-state index contributed by atoms with van der Waals surface area (Å²) in [7, 11) is 0. The number of amides is 1. The van der Waals surface area contributed by atoms with Crippen molar-refractivity contribution >= 4 is 5.91 Å². The number of ether oxygens (including phenoxy) is 1. The van der Waals surface area contributed by atoms with Crippen molar-refractivity contribution in [3.8, 4) is 0 Å². The zero-order valence-corrected chi connectivity index (χ0v) is 11.1. The third-order valence-corrected chi connectivity index (χ3v) is 3.09. The maximum atomic E-state index is 12.7. The molecule has 1 fully saturated rings. The van der Waals surface area contributed by atoms with E-state index in [4.69, 9.17) is 4.74 Å². The van der Waals surface area contributed by atoms with Crippen LogP contribution in [0, 0.1) is 0 Å². The van der Waals surface area contributed by atoms with Crippen LogP contribution in [0.5, 0.6) is 0 Å². The van der Waals surface area contributed by atoms with Gasteiger partial charge in [0.05, 0.1) is 13.2 Å². The van der Waals surface area contributed by atoms with Gasteiger partial charge in [-0.1, -0.05) is 30.3 Å². The van der Waals surface area contributed by atoms with E-state index in [9.17, 15) is 13.6 Å². The number of nitrogens with zero attached hydrogens (tertiary/aromatic N) is 1. The van der Waals surface area contributed by atoms with Crippen molar-refractivity contribution in [1.82, 2.24) is 10.2 Å². The molecule has 1 atom stereocenters. The fourth-order valence-corrected chi connectivity index (χ4v) is 2.13. The predicted molar refractivity (Wildman–Crippen MR) is 70.5 cm³/mol. The zero-order chi connectivity index (χ0) is 14.4. The fourth-order valence-electron chi connectivity index (χ4n) is 2.13. The quantitative estimate of drug-likeness (QED) is 0.885. The Bertz CT molecular complexity index is 422. The molecule has 110 valence electrons. The second-order valence-electron chi connectivity index (χ2n) is 4.66. The summed E-state index contributed by atoms with van der Waals surface area (Å²) in [5.74, 6) is -0.388. The molecule has 1 N–H and O–H groups in total. The highest BCUT2D eigenvalue weighted by molar-refractivity contribution is 5.81. The zero-order valence-electron chi connectivity index (χ0n) is 11.1. The summed E-state index contributed by atoms with van der Waals surface area (Å²) in [5.41, 5.74) is 0.824. The van der Waals surface area contributed by atoms with Gasteiger partial charge in [0.2, 0.25) is 0 Å². The maximum Gasteiger partial charge on any atom is 0.255 e. The third-order valence-electron chi connectivity index (χ3n) is 3.09. The Morgan fingerprint density at radius 2 is 2.15 bits per heavy atom. The van der Waals surface area contributed by atoms with Crippen LogP contribution in [0.1, 0.15) is 5.56 Å². The monoisotopic (exact) mass is 284 g/mol. The number of morpholine rings is 1. The minimum atomic E-state index is -2.56. The number of hydrogen-bond acceptors (Lipinski definition) is 3. The summed E-state index contributed by atoms with van der Waals surface area (Å²) in [6.07, 6.45) is -3.23. The Balaban J connectivity index is 2.04. The van der Waals surface area contributed by atoms with Crippen LogP contribution < -0.4 is 5.32 Å². The van der Waals surface area contributed by atoms with Crippen LogP contribution in [0.4, 0.5) is 8.78 Å². The van der Waals surface area contributed by atoms with E-state index >= 15 is 0 Å². The topological polar surface area (TPSA) is 41.6 Å². The van der Waals surface area contributed by atoms with Gasteiger partial charge in [0, 0.05) is 19.6 Å². The van der Waals surface area contributed by atoms with Crippen molar-refractivity contribution in [2.75, 3.05) is 26.2 Å². The van der Waals surface area contributed by atoms with Gasteiger partial charge in [-0.05, 0) is 5.56 Å². The standard InChI is InChI=1S/C14H18F2N2O2/c15-13(16)10-18(9-11-4-2-1-3-5-11)14(19)12-8-17-6-7-20-12/h1-5,12-13,17H,6-10H2. The number of hydrogen-bond donors (Lipinski definition) is 1. The van der Waals surface area contributed by atoms with Crippen LogP contribution in [0.3, 0.4) is 0 Å². The Morgan fingerprint density at radius 1 is 1.40 bits per heavy atom. The SMILES string of the molecule is O=C(C1CNCCO1)N(Cc1ccccc1)CC(F)F. The van der Waals surface area contributed by atoms with Crippen molar-refractivity contribution in [3.63, 3.8) is 0 Å². The van der Waals surface area contributed by atoms with Crippen LogP contribution >= 0.6 is 0 Å². The average molecular weight is 284 g/mol. The molecule has 1 aromatic rings. The molecule has 1 aliphatic heterocycles. The molecule has 6 heteroatoms. The molecular formula is C14H18F2N2O2. The van der Waals surface area contributed by atoms with Gasteiger partial charge in [0.25, 0.3) is 12.3 Å². The minimum absolute atomic E-state index is 0.171. The number of rotatable bonds is 5. The lowest BCUT2D eigenvalue weighted by atomic mass is 10.2. The summed E-state index contributed by atoms with van der Waals surface area (Å²) in [6.45, 7) is 1.06. The second-order valence-corrected chi connectivity index (χ2v) is 4.66. The maximum absolute atomic E-state index is 12.7. The van der Waals surface area contributed by atoms with E-state index < -0.39 is 19.1 Å². The molecule has 1 amide bonds. The van der Waals surface area contributed by atoms with Crippen LogP contribution in [0.25, 0.3) is 0 Å². The van der Waals surface area contributed by atoms with Crippen molar-refractivity contribution in [1.29, 1.82) is 0 Å². The lowest BCUT2D eigenvalue weighted by molar-refractivity contribution is -0.147. The summed E-state index contributed by atoms with van der Waals surface area (Å²) in [6, 6.07) is 9.10. The molecule has 1 saturated heterocycles. The van der Waals surface area contributed by atoms with Gasteiger partial charge in [-0.25, -0.2) is 8.78 Å². The van der Waals surface area contributed by atoms with E-state index in [0.29, 0.717) is 19.7 Å². The first-order valence-electron chi connectivity index (χ1n) is 6.60. The Hall–Kier alpha value is -1.53.